The number of aliphatic hydroxyl groups is 1. The van der Waals surface area contributed by atoms with Crippen LogP contribution in [0, 0.1) is 19.8 Å². The lowest BCUT2D eigenvalue weighted by molar-refractivity contribution is -0.122. The van der Waals surface area contributed by atoms with Crippen LogP contribution in [0.4, 0.5) is 0 Å². The number of rotatable bonds is 8. The first-order valence-corrected chi connectivity index (χ1v) is 7.54. The molecule has 4 nitrogen and oxygen atoms in total. The van der Waals surface area contributed by atoms with Crippen molar-refractivity contribution in [2.24, 2.45) is 5.92 Å². The van der Waals surface area contributed by atoms with Gasteiger partial charge in [-0.15, -0.1) is 0 Å². The molecule has 0 aliphatic heterocycles. The number of benzene rings is 1. The summed E-state index contributed by atoms with van der Waals surface area (Å²) in [6.45, 7) is 8.78. The predicted octanol–water partition coefficient (Wildman–Crippen LogP) is 2.60. The van der Waals surface area contributed by atoms with E-state index in [9.17, 15) is 9.90 Å². The minimum absolute atomic E-state index is 0.0943. The molecule has 0 saturated carbocycles. The van der Waals surface area contributed by atoms with E-state index in [-0.39, 0.29) is 5.91 Å². The lowest BCUT2D eigenvalue weighted by Crippen LogP contribution is -2.33. The molecule has 0 saturated heterocycles. The van der Waals surface area contributed by atoms with Crippen molar-refractivity contribution in [3.8, 4) is 5.75 Å². The number of nitrogens with one attached hydrogen (secondary N) is 1. The van der Waals surface area contributed by atoms with E-state index >= 15 is 0 Å². The first kappa shape index (κ1) is 17.5. The highest BCUT2D eigenvalue weighted by atomic mass is 16.5. The summed E-state index contributed by atoms with van der Waals surface area (Å²) in [6, 6.07) is 5.89. The second-order valence-electron chi connectivity index (χ2n) is 5.88. The molecule has 0 heterocycles. The van der Waals surface area contributed by atoms with Crippen molar-refractivity contribution in [1.29, 1.82) is 0 Å². The maximum atomic E-state index is 11.7. The molecule has 1 rings (SSSR count). The SMILES string of the molecule is Cc1cccc(OCCC(=O)NCC(O)CC(C)C)c1C. The van der Waals surface area contributed by atoms with Gasteiger partial charge in [0.25, 0.3) is 0 Å². The molecule has 0 radical (unpaired) electrons. The van der Waals surface area contributed by atoms with Crippen molar-refractivity contribution in [2.75, 3.05) is 13.2 Å². The molecule has 0 bridgehead atoms. The van der Waals surface area contributed by atoms with Crippen molar-refractivity contribution < 1.29 is 14.6 Å². The van der Waals surface area contributed by atoms with Gasteiger partial charge in [0.1, 0.15) is 5.75 Å². The highest BCUT2D eigenvalue weighted by molar-refractivity contribution is 5.76. The number of carbonyl (C=O) groups is 1. The highest BCUT2D eigenvalue weighted by Gasteiger charge is 2.09. The van der Waals surface area contributed by atoms with Crippen molar-refractivity contribution in [3.63, 3.8) is 0 Å². The fraction of sp³-hybridized carbons (Fsp3) is 0.588. The van der Waals surface area contributed by atoms with Gasteiger partial charge in [-0.1, -0.05) is 26.0 Å². The molecule has 1 aromatic carbocycles. The van der Waals surface area contributed by atoms with E-state index in [2.05, 4.69) is 5.32 Å². The van der Waals surface area contributed by atoms with Crippen LogP contribution in [0.25, 0.3) is 0 Å². The van der Waals surface area contributed by atoms with Gasteiger partial charge >= 0.3 is 0 Å². The zero-order chi connectivity index (χ0) is 15.8. The summed E-state index contributed by atoms with van der Waals surface area (Å²) in [5.74, 6) is 1.15. The molecular formula is C17H27NO3. The van der Waals surface area contributed by atoms with Gasteiger partial charge in [0.2, 0.25) is 5.91 Å². The molecule has 1 amide bonds. The lowest BCUT2D eigenvalue weighted by atomic mass is 10.1. The molecule has 21 heavy (non-hydrogen) atoms. The van der Waals surface area contributed by atoms with E-state index in [0.717, 1.165) is 11.3 Å². The molecule has 1 atom stereocenters. The van der Waals surface area contributed by atoms with Crippen LogP contribution in [0.5, 0.6) is 5.75 Å². The van der Waals surface area contributed by atoms with Crippen molar-refractivity contribution in [3.05, 3.63) is 29.3 Å². The van der Waals surface area contributed by atoms with Crippen molar-refractivity contribution in [1.82, 2.24) is 5.32 Å². The van der Waals surface area contributed by atoms with Gasteiger partial charge in [0, 0.05) is 6.54 Å². The first-order valence-electron chi connectivity index (χ1n) is 7.54. The molecule has 1 aromatic rings. The summed E-state index contributed by atoms with van der Waals surface area (Å²) < 4.78 is 5.64. The minimum Gasteiger partial charge on any atom is -0.493 e. The van der Waals surface area contributed by atoms with Crippen molar-refractivity contribution in [2.45, 2.75) is 46.6 Å². The van der Waals surface area contributed by atoms with Gasteiger partial charge in [-0.2, -0.15) is 0 Å². The van der Waals surface area contributed by atoms with Gasteiger partial charge < -0.3 is 15.2 Å². The number of hydrogen-bond donors (Lipinski definition) is 2. The Balaban J connectivity index is 2.26. The number of amides is 1. The first-order chi connectivity index (χ1) is 9.90. The largest absolute Gasteiger partial charge is 0.493 e. The average molecular weight is 293 g/mol. The minimum atomic E-state index is -0.478. The number of aliphatic hydroxyl groups excluding tert-OH is 1. The Hall–Kier alpha value is -1.55. The highest BCUT2D eigenvalue weighted by Crippen LogP contribution is 2.20. The summed E-state index contributed by atoms with van der Waals surface area (Å²) >= 11 is 0. The number of aryl methyl sites for hydroxylation is 1. The average Bonchev–Trinajstić information content (AvgIpc) is 2.40. The Bertz CT molecular complexity index is 457. The third-order valence-electron chi connectivity index (χ3n) is 3.42. The van der Waals surface area contributed by atoms with E-state index in [0.29, 0.717) is 31.9 Å². The Labute approximate surface area is 127 Å². The summed E-state index contributed by atoms with van der Waals surface area (Å²) in [7, 11) is 0. The fourth-order valence-electron chi connectivity index (χ4n) is 2.08. The van der Waals surface area contributed by atoms with Crippen LogP contribution in [0.15, 0.2) is 18.2 Å². The number of ether oxygens (including phenoxy) is 1. The fourth-order valence-corrected chi connectivity index (χ4v) is 2.08. The molecule has 4 heteroatoms. The van der Waals surface area contributed by atoms with Crippen LogP contribution in [0.1, 0.15) is 37.8 Å². The zero-order valence-corrected chi connectivity index (χ0v) is 13.5. The van der Waals surface area contributed by atoms with E-state index in [1.807, 2.05) is 45.9 Å². The van der Waals surface area contributed by atoms with Gasteiger partial charge in [-0.25, -0.2) is 0 Å². The second-order valence-corrected chi connectivity index (χ2v) is 5.88. The number of carbonyl (C=O) groups excluding carboxylic acids is 1. The normalized spacial score (nSPS) is 12.3. The van der Waals surface area contributed by atoms with Crippen molar-refractivity contribution >= 4 is 5.91 Å². The number of hydrogen-bond acceptors (Lipinski definition) is 3. The molecule has 1 unspecified atom stereocenters. The quantitative estimate of drug-likeness (QED) is 0.774. The molecule has 2 N–H and O–H groups in total. The van der Waals surface area contributed by atoms with Gasteiger partial charge in [-0.3, -0.25) is 4.79 Å². The predicted molar refractivity (Wildman–Crippen MR) is 84.5 cm³/mol. The maximum Gasteiger partial charge on any atom is 0.223 e. The Morgan fingerprint density at radius 1 is 1.33 bits per heavy atom. The molecule has 0 aromatic heterocycles. The van der Waals surface area contributed by atoms with E-state index < -0.39 is 6.10 Å². The van der Waals surface area contributed by atoms with E-state index in [1.54, 1.807) is 0 Å². The smallest absolute Gasteiger partial charge is 0.223 e. The molecule has 118 valence electrons. The van der Waals surface area contributed by atoms with Gasteiger partial charge in [-0.05, 0) is 43.4 Å². The summed E-state index contributed by atoms with van der Waals surface area (Å²) in [4.78, 5) is 11.7. The van der Waals surface area contributed by atoms with Gasteiger partial charge in [0.05, 0.1) is 19.1 Å². The van der Waals surface area contributed by atoms with E-state index in [4.69, 9.17) is 4.74 Å². The van der Waals surface area contributed by atoms with Crippen LogP contribution in [-0.2, 0) is 4.79 Å². The molecule has 0 fully saturated rings. The Morgan fingerprint density at radius 2 is 2.05 bits per heavy atom. The molecular weight excluding hydrogens is 266 g/mol. The molecule has 0 spiro atoms. The van der Waals surface area contributed by atoms with Crippen LogP contribution < -0.4 is 10.1 Å². The second kappa shape index (κ2) is 8.67. The third-order valence-corrected chi connectivity index (χ3v) is 3.42. The topological polar surface area (TPSA) is 58.6 Å². The van der Waals surface area contributed by atoms with Crippen LogP contribution in [0.2, 0.25) is 0 Å². The van der Waals surface area contributed by atoms with E-state index in [1.165, 1.54) is 5.56 Å². The zero-order valence-electron chi connectivity index (χ0n) is 13.5. The molecule has 0 aliphatic carbocycles. The Morgan fingerprint density at radius 3 is 2.71 bits per heavy atom. The molecule has 0 aliphatic rings. The summed E-state index contributed by atoms with van der Waals surface area (Å²) in [5, 5.41) is 12.4. The maximum absolute atomic E-state index is 11.7. The van der Waals surface area contributed by atoms with Gasteiger partial charge in [0.15, 0.2) is 0 Å². The Kier molecular flexibility index (Phi) is 7.23. The summed E-state index contributed by atoms with van der Waals surface area (Å²) in [5.41, 5.74) is 2.28. The lowest BCUT2D eigenvalue weighted by Gasteiger charge is -2.14. The van der Waals surface area contributed by atoms with Crippen LogP contribution in [0.3, 0.4) is 0 Å². The monoisotopic (exact) mass is 293 g/mol. The van der Waals surface area contributed by atoms with Crippen LogP contribution >= 0.6 is 0 Å². The standard InChI is InChI=1S/C17H27NO3/c1-12(2)10-15(19)11-18-17(20)8-9-21-16-7-5-6-13(3)14(16)4/h5-7,12,15,19H,8-11H2,1-4H3,(H,18,20). The van der Waals surface area contributed by atoms with Crippen LogP contribution in [-0.4, -0.2) is 30.3 Å². The summed E-state index contributed by atoms with van der Waals surface area (Å²) in [6.07, 6.45) is 0.509. The third kappa shape index (κ3) is 6.63.